The molecule has 19 heavy (non-hydrogen) atoms. The van der Waals surface area contributed by atoms with Crippen molar-refractivity contribution in [3.05, 3.63) is 34.4 Å². The molecule has 2 heteroatoms. The fourth-order valence-corrected chi connectivity index (χ4v) is 4.03. The summed E-state index contributed by atoms with van der Waals surface area (Å²) in [5.74, 6) is 0.676. The molecule has 1 aliphatic heterocycles. The van der Waals surface area contributed by atoms with E-state index in [9.17, 15) is 0 Å². The lowest BCUT2D eigenvalue weighted by molar-refractivity contribution is 0.311. The van der Waals surface area contributed by atoms with Crippen molar-refractivity contribution in [2.75, 3.05) is 20.1 Å². The van der Waals surface area contributed by atoms with Gasteiger partial charge < -0.3 is 5.73 Å². The summed E-state index contributed by atoms with van der Waals surface area (Å²) in [4.78, 5) is 2.51. The second kappa shape index (κ2) is 5.26. The van der Waals surface area contributed by atoms with Gasteiger partial charge >= 0.3 is 0 Å². The van der Waals surface area contributed by atoms with Gasteiger partial charge in [0.2, 0.25) is 0 Å². The van der Waals surface area contributed by atoms with Crippen LogP contribution in [0.3, 0.4) is 0 Å². The van der Waals surface area contributed by atoms with Crippen LogP contribution in [0.4, 0.5) is 0 Å². The largest absolute Gasteiger partial charge is 0.330 e. The first-order valence-corrected chi connectivity index (χ1v) is 7.72. The third-order valence-corrected chi connectivity index (χ3v) is 5.13. The molecular formula is C17H26N2. The molecule has 0 saturated carbocycles. The van der Waals surface area contributed by atoms with E-state index in [0.29, 0.717) is 12.0 Å². The van der Waals surface area contributed by atoms with Gasteiger partial charge in [0, 0.05) is 12.6 Å². The molecule has 3 rings (SSSR count). The number of benzene rings is 1. The molecule has 2 unspecified atom stereocenters. The molecular weight excluding hydrogens is 232 g/mol. The number of likely N-dealkylation sites (tertiary alicyclic amines) is 1. The number of fused-ring (bicyclic) bond motifs is 1. The fourth-order valence-electron chi connectivity index (χ4n) is 4.03. The highest BCUT2D eigenvalue weighted by Gasteiger charge is 2.32. The monoisotopic (exact) mass is 258 g/mol. The summed E-state index contributed by atoms with van der Waals surface area (Å²) in [6.07, 6.45) is 6.53. The van der Waals surface area contributed by atoms with Crippen LogP contribution in [-0.4, -0.2) is 25.0 Å². The van der Waals surface area contributed by atoms with Crippen LogP contribution >= 0.6 is 0 Å². The normalized spacial score (nSPS) is 27.5. The lowest BCUT2D eigenvalue weighted by atomic mass is 9.82. The first kappa shape index (κ1) is 13.1. The fraction of sp³-hybridized carbons (Fsp3) is 0.647. The van der Waals surface area contributed by atoms with Crippen LogP contribution in [0, 0.1) is 12.8 Å². The Hall–Kier alpha value is -0.860. The number of nitrogens with zero attached hydrogens (tertiary/aromatic N) is 1. The van der Waals surface area contributed by atoms with E-state index >= 15 is 0 Å². The Morgan fingerprint density at radius 3 is 2.63 bits per heavy atom. The Balaban J connectivity index is 1.97. The van der Waals surface area contributed by atoms with Gasteiger partial charge in [-0.2, -0.15) is 0 Å². The van der Waals surface area contributed by atoms with Crippen molar-refractivity contribution in [2.45, 2.75) is 45.1 Å². The van der Waals surface area contributed by atoms with Crippen LogP contribution in [0.25, 0.3) is 0 Å². The predicted octanol–water partition coefficient (Wildman–Crippen LogP) is 2.83. The van der Waals surface area contributed by atoms with E-state index in [1.807, 2.05) is 0 Å². The molecule has 2 nitrogen and oxygen atoms in total. The standard InChI is InChI=1S/C17H26N2/c1-12-7-8-16(15-6-4-3-5-14(12)15)17-9-13(10-18)11-19(17)2/h7-8,13,17H,3-6,9-11,18H2,1-2H3. The second-order valence-corrected chi connectivity index (χ2v) is 6.43. The zero-order valence-corrected chi connectivity index (χ0v) is 12.3. The van der Waals surface area contributed by atoms with Gasteiger partial charge in [-0.05, 0) is 80.8 Å². The molecule has 2 aliphatic rings. The Bertz CT molecular complexity index is 467. The van der Waals surface area contributed by atoms with Crippen molar-refractivity contribution in [1.82, 2.24) is 4.90 Å². The third kappa shape index (κ3) is 2.32. The van der Waals surface area contributed by atoms with Crippen molar-refractivity contribution >= 4 is 0 Å². The molecule has 0 aromatic heterocycles. The lowest BCUT2D eigenvalue weighted by Gasteiger charge is -2.27. The summed E-state index contributed by atoms with van der Waals surface area (Å²) in [5, 5.41) is 0. The minimum atomic E-state index is 0.598. The number of nitrogens with two attached hydrogens (primary N) is 1. The molecule has 0 radical (unpaired) electrons. The van der Waals surface area contributed by atoms with Crippen molar-refractivity contribution in [1.29, 1.82) is 0 Å². The van der Waals surface area contributed by atoms with Crippen molar-refractivity contribution < 1.29 is 0 Å². The smallest absolute Gasteiger partial charge is 0.0351 e. The molecule has 0 amide bonds. The maximum Gasteiger partial charge on any atom is 0.0351 e. The molecule has 2 N–H and O–H groups in total. The van der Waals surface area contributed by atoms with Crippen LogP contribution < -0.4 is 5.73 Å². The second-order valence-electron chi connectivity index (χ2n) is 6.43. The average molecular weight is 258 g/mol. The average Bonchev–Trinajstić information content (AvgIpc) is 2.81. The van der Waals surface area contributed by atoms with E-state index in [1.165, 1.54) is 37.7 Å². The Kier molecular flexibility index (Phi) is 3.64. The van der Waals surface area contributed by atoms with E-state index in [2.05, 4.69) is 31.0 Å². The van der Waals surface area contributed by atoms with E-state index < -0.39 is 0 Å². The quantitative estimate of drug-likeness (QED) is 0.884. The van der Waals surface area contributed by atoms with Crippen molar-refractivity contribution in [3.8, 4) is 0 Å². The molecule has 0 bridgehead atoms. The summed E-state index contributed by atoms with van der Waals surface area (Å²) >= 11 is 0. The summed E-state index contributed by atoms with van der Waals surface area (Å²) < 4.78 is 0. The van der Waals surface area contributed by atoms with Gasteiger partial charge in [0.1, 0.15) is 0 Å². The molecule has 1 aliphatic carbocycles. The minimum Gasteiger partial charge on any atom is -0.330 e. The summed E-state index contributed by atoms with van der Waals surface area (Å²) in [5.41, 5.74) is 12.3. The maximum atomic E-state index is 5.87. The van der Waals surface area contributed by atoms with Gasteiger partial charge in [-0.15, -0.1) is 0 Å². The third-order valence-electron chi connectivity index (χ3n) is 5.13. The highest BCUT2D eigenvalue weighted by molar-refractivity contribution is 5.44. The number of hydrogen-bond acceptors (Lipinski definition) is 2. The summed E-state index contributed by atoms with van der Waals surface area (Å²) in [6.45, 7) is 4.26. The van der Waals surface area contributed by atoms with Gasteiger partial charge in [0.25, 0.3) is 0 Å². The zero-order chi connectivity index (χ0) is 13.4. The highest BCUT2D eigenvalue weighted by atomic mass is 15.2. The Labute approximate surface area is 117 Å². The maximum absolute atomic E-state index is 5.87. The summed E-state index contributed by atoms with van der Waals surface area (Å²) in [6, 6.07) is 5.32. The Morgan fingerprint density at radius 1 is 1.21 bits per heavy atom. The predicted molar refractivity (Wildman–Crippen MR) is 80.4 cm³/mol. The van der Waals surface area contributed by atoms with Crippen LogP contribution in [0.1, 0.15) is 47.6 Å². The molecule has 1 aromatic rings. The van der Waals surface area contributed by atoms with Gasteiger partial charge in [0.05, 0.1) is 0 Å². The molecule has 1 saturated heterocycles. The van der Waals surface area contributed by atoms with E-state index in [1.54, 1.807) is 16.7 Å². The van der Waals surface area contributed by atoms with Gasteiger partial charge in [-0.1, -0.05) is 12.1 Å². The molecule has 2 atom stereocenters. The van der Waals surface area contributed by atoms with Crippen molar-refractivity contribution in [2.24, 2.45) is 11.7 Å². The summed E-state index contributed by atoms with van der Waals surface area (Å²) in [7, 11) is 2.26. The van der Waals surface area contributed by atoms with Gasteiger partial charge in [-0.25, -0.2) is 0 Å². The molecule has 0 spiro atoms. The Morgan fingerprint density at radius 2 is 1.95 bits per heavy atom. The number of hydrogen-bond donors (Lipinski definition) is 1. The van der Waals surface area contributed by atoms with E-state index in [4.69, 9.17) is 5.73 Å². The van der Waals surface area contributed by atoms with Gasteiger partial charge in [-0.3, -0.25) is 4.90 Å². The topological polar surface area (TPSA) is 29.3 Å². The van der Waals surface area contributed by atoms with Gasteiger partial charge in [0.15, 0.2) is 0 Å². The van der Waals surface area contributed by atoms with Crippen LogP contribution in [0.5, 0.6) is 0 Å². The van der Waals surface area contributed by atoms with E-state index in [0.717, 1.165) is 13.1 Å². The molecule has 1 aromatic carbocycles. The van der Waals surface area contributed by atoms with Crippen LogP contribution in [-0.2, 0) is 12.8 Å². The first-order valence-electron chi connectivity index (χ1n) is 7.72. The number of rotatable bonds is 2. The van der Waals surface area contributed by atoms with Crippen molar-refractivity contribution in [3.63, 3.8) is 0 Å². The first-order chi connectivity index (χ1) is 9.20. The van der Waals surface area contributed by atoms with E-state index in [-0.39, 0.29) is 0 Å². The zero-order valence-electron chi connectivity index (χ0n) is 12.3. The minimum absolute atomic E-state index is 0.598. The molecule has 104 valence electrons. The van der Waals surface area contributed by atoms with Crippen LogP contribution in [0.2, 0.25) is 0 Å². The SMILES string of the molecule is Cc1ccc(C2CC(CN)CN2C)c2c1CCCC2. The molecule has 1 fully saturated rings. The number of aryl methyl sites for hydroxylation is 1. The lowest BCUT2D eigenvalue weighted by Crippen LogP contribution is -2.22. The highest BCUT2D eigenvalue weighted by Crippen LogP contribution is 2.39. The molecule has 1 heterocycles. The van der Waals surface area contributed by atoms with Crippen LogP contribution in [0.15, 0.2) is 12.1 Å².